The van der Waals surface area contributed by atoms with Crippen molar-refractivity contribution >= 4 is 6.01 Å². The highest BCUT2D eigenvalue weighted by molar-refractivity contribution is 5.18. The number of anilines is 1. The van der Waals surface area contributed by atoms with Crippen LogP contribution in [0.3, 0.4) is 0 Å². The fourth-order valence-corrected chi connectivity index (χ4v) is 1.48. The molecule has 1 saturated carbocycles. The molecule has 5 heteroatoms. The van der Waals surface area contributed by atoms with Crippen molar-refractivity contribution in [2.24, 2.45) is 5.92 Å². The zero-order valence-electron chi connectivity index (χ0n) is 8.49. The van der Waals surface area contributed by atoms with E-state index >= 15 is 0 Å². The van der Waals surface area contributed by atoms with Gasteiger partial charge in [0, 0.05) is 13.7 Å². The van der Waals surface area contributed by atoms with Gasteiger partial charge in [-0.05, 0) is 25.7 Å². The first-order valence-electron chi connectivity index (χ1n) is 4.95. The molecule has 1 fully saturated rings. The van der Waals surface area contributed by atoms with Crippen LogP contribution in [0.2, 0.25) is 0 Å². The lowest BCUT2D eigenvalue weighted by Gasteiger charge is -2.07. The van der Waals surface area contributed by atoms with Crippen molar-refractivity contribution in [3.63, 3.8) is 0 Å². The van der Waals surface area contributed by atoms with Gasteiger partial charge in [0.1, 0.15) is 6.10 Å². The molecule has 78 valence electrons. The summed E-state index contributed by atoms with van der Waals surface area (Å²) in [7, 11) is 1.69. The van der Waals surface area contributed by atoms with E-state index in [1.807, 2.05) is 6.92 Å². The Morgan fingerprint density at radius 2 is 2.43 bits per heavy atom. The number of methoxy groups -OCH3 is 1. The SMILES string of the molecule is CCNc1nc(C(OC)C2CC2)no1. The van der Waals surface area contributed by atoms with Crippen LogP contribution in [-0.2, 0) is 4.74 Å². The third-order valence-corrected chi connectivity index (χ3v) is 2.33. The van der Waals surface area contributed by atoms with E-state index < -0.39 is 0 Å². The van der Waals surface area contributed by atoms with Crippen molar-refractivity contribution in [2.45, 2.75) is 25.9 Å². The maximum absolute atomic E-state index is 5.34. The van der Waals surface area contributed by atoms with Crippen molar-refractivity contribution < 1.29 is 9.26 Å². The Hall–Kier alpha value is -1.10. The Kier molecular flexibility index (Phi) is 2.67. The Labute approximate surface area is 82.8 Å². The van der Waals surface area contributed by atoms with Crippen LogP contribution in [0.1, 0.15) is 31.7 Å². The van der Waals surface area contributed by atoms with Gasteiger partial charge in [-0.2, -0.15) is 4.98 Å². The van der Waals surface area contributed by atoms with E-state index in [-0.39, 0.29) is 6.10 Å². The van der Waals surface area contributed by atoms with Crippen molar-refractivity contribution in [1.29, 1.82) is 0 Å². The van der Waals surface area contributed by atoms with E-state index in [9.17, 15) is 0 Å². The summed E-state index contributed by atoms with van der Waals surface area (Å²) in [5.41, 5.74) is 0. The third kappa shape index (κ3) is 1.87. The van der Waals surface area contributed by atoms with E-state index in [1.165, 1.54) is 12.8 Å². The van der Waals surface area contributed by atoms with Crippen LogP contribution in [0.5, 0.6) is 0 Å². The number of aromatic nitrogens is 2. The Morgan fingerprint density at radius 1 is 1.64 bits per heavy atom. The summed E-state index contributed by atoms with van der Waals surface area (Å²) in [4.78, 5) is 4.22. The lowest BCUT2D eigenvalue weighted by molar-refractivity contribution is 0.0751. The molecule has 1 unspecified atom stereocenters. The number of ether oxygens (including phenoxy) is 1. The molecule has 2 rings (SSSR count). The quantitative estimate of drug-likeness (QED) is 0.776. The number of nitrogens with one attached hydrogen (secondary N) is 1. The molecule has 1 aromatic rings. The van der Waals surface area contributed by atoms with Crippen LogP contribution < -0.4 is 5.32 Å². The largest absolute Gasteiger partial charge is 0.373 e. The average Bonchev–Trinajstić information content (AvgIpc) is 2.90. The fraction of sp³-hybridized carbons (Fsp3) is 0.778. The van der Waals surface area contributed by atoms with Crippen LogP contribution in [0, 0.1) is 5.92 Å². The molecule has 0 aliphatic heterocycles. The molecule has 1 aliphatic rings. The monoisotopic (exact) mass is 197 g/mol. The van der Waals surface area contributed by atoms with E-state index in [0.29, 0.717) is 17.8 Å². The summed E-state index contributed by atoms with van der Waals surface area (Å²) in [5.74, 6) is 1.23. The molecule has 1 atom stereocenters. The smallest absolute Gasteiger partial charge is 0.321 e. The summed E-state index contributed by atoms with van der Waals surface area (Å²) in [6, 6.07) is 0.477. The standard InChI is InChI=1S/C9H15N3O2/c1-3-10-9-11-8(12-14-9)7(13-2)6-4-5-6/h6-7H,3-5H2,1-2H3,(H,10,11,12). The van der Waals surface area contributed by atoms with Gasteiger partial charge < -0.3 is 14.6 Å². The first kappa shape index (κ1) is 9.45. The number of rotatable bonds is 5. The molecule has 0 spiro atoms. The highest BCUT2D eigenvalue weighted by atomic mass is 16.5. The lowest BCUT2D eigenvalue weighted by Crippen LogP contribution is -2.06. The minimum absolute atomic E-state index is 0.00570. The summed E-state index contributed by atoms with van der Waals surface area (Å²) in [5, 5.41) is 6.86. The molecular formula is C9H15N3O2. The van der Waals surface area contributed by atoms with E-state index in [2.05, 4.69) is 15.5 Å². The molecule has 0 amide bonds. The highest BCUT2D eigenvalue weighted by Gasteiger charge is 2.35. The third-order valence-electron chi connectivity index (χ3n) is 2.33. The second kappa shape index (κ2) is 3.96. The topological polar surface area (TPSA) is 60.2 Å². The predicted octanol–water partition coefficient (Wildman–Crippen LogP) is 1.60. The van der Waals surface area contributed by atoms with Crippen molar-refractivity contribution in [2.75, 3.05) is 19.0 Å². The lowest BCUT2D eigenvalue weighted by atomic mass is 10.2. The number of nitrogens with zero attached hydrogens (tertiary/aromatic N) is 2. The van der Waals surface area contributed by atoms with Crippen LogP contribution in [-0.4, -0.2) is 23.8 Å². The maximum atomic E-state index is 5.34. The normalized spacial score (nSPS) is 18.1. The molecule has 0 bridgehead atoms. The zero-order valence-corrected chi connectivity index (χ0v) is 8.49. The molecule has 0 saturated heterocycles. The van der Waals surface area contributed by atoms with Gasteiger partial charge in [-0.15, -0.1) is 0 Å². The zero-order chi connectivity index (χ0) is 9.97. The van der Waals surface area contributed by atoms with E-state index in [4.69, 9.17) is 9.26 Å². The Bertz CT molecular complexity index is 296. The molecule has 1 aromatic heterocycles. The second-order valence-corrected chi connectivity index (χ2v) is 3.48. The van der Waals surface area contributed by atoms with Gasteiger partial charge in [0.25, 0.3) is 0 Å². The number of hydrogen-bond acceptors (Lipinski definition) is 5. The molecule has 1 N–H and O–H groups in total. The maximum Gasteiger partial charge on any atom is 0.321 e. The average molecular weight is 197 g/mol. The van der Waals surface area contributed by atoms with Gasteiger partial charge in [-0.3, -0.25) is 0 Å². The van der Waals surface area contributed by atoms with Gasteiger partial charge in [0.2, 0.25) is 5.82 Å². The van der Waals surface area contributed by atoms with Gasteiger partial charge in [-0.1, -0.05) is 5.16 Å². The van der Waals surface area contributed by atoms with Gasteiger partial charge in [-0.25, -0.2) is 0 Å². The van der Waals surface area contributed by atoms with Crippen molar-refractivity contribution in [3.05, 3.63) is 5.82 Å². The number of hydrogen-bond donors (Lipinski definition) is 1. The molecule has 0 radical (unpaired) electrons. The molecule has 0 aromatic carbocycles. The Morgan fingerprint density at radius 3 is 3.00 bits per heavy atom. The van der Waals surface area contributed by atoms with E-state index in [0.717, 1.165) is 6.54 Å². The van der Waals surface area contributed by atoms with Crippen LogP contribution >= 0.6 is 0 Å². The molecule has 5 nitrogen and oxygen atoms in total. The van der Waals surface area contributed by atoms with Crippen molar-refractivity contribution in [3.8, 4) is 0 Å². The van der Waals surface area contributed by atoms with E-state index in [1.54, 1.807) is 7.11 Å². The predicted molar refractivity (Wildman–Crippen MR) is 50.9 cm³/mol. The van der Waals surface area contributed by atoms with Crippen molar-refractivity contribution in [1.82, 2.24) is 10.1 Å². The summed E-state index contributed by atoms with van der Waals surface area (Å²) < 4.78 is 10.4. The molecule has 14 heavy (non-hydrogen) atoms. The summed E-state index contributed by atoms with van der Waals surface area (Å²) in [6.45, 7) is 2.77. The first-order chi connectivity index (χ1) is 6.85. The molecular weight excluding hydrogens is 182 g/mol. The van der Waals surface area contributed by atoms with Crippen LogP contribution in [0.15, 0.2) is 4.52 Å². The molecule has 1 heterocycles. The van der Waals surface area contributed by atoms with Crippen LogP contribution in [0.4, 0.5) is 6.01 Å². The van der Waals surface area contributed by atoms with Gasteiger partial charge >= 0.3 is 6.01 Å². The summed E-state index contributed by atoms with van der Waals surface area (Å²) in [6.07, 6.45) is 2.40. The molecule has 1 aliphatic carbocycles. The fourth-order valence-electron chi connectivity index (χ4n) is 1.48. The minimum Gasteiger partial charge on any atom is -0.373 e. The van der Waals surface area contributed by atoms with Gasteiger partial charge in [0.15, 0.2) is 0 Å². The highest BCUT2D eigenvalue weighted by Crippen LogP contribution is 2.42. The Balaban J connectivity index is 2.05. The second-order valence-electron chi connectivity index (χ2n) is 3.48. The van der Waals surface area contributed by atoms with Crippen LogP contribution in [0.25, 0.3) is 0 Å². The first-order valence-corrected chi connectivity index (χ1v) is 4.95. The minimum atomic E-state index is 0.00570. The summed E-state index contributed by atoms with van der Waals surface area (Å²) >= 11 is 0. The van der Waals surface area contributed by atoms with Gasteiger partial charge in [0.05, 0.1) is 0 Å².